The Morgan fingerprint density at radius 2 is 1.82 bits per heavy atom. The summed E-state index contributed by atoms with van der Waals surface area (Å²) in [6, 6.07) is 6.77. The van der Waals surface area contributed by atoms with Gasteiger partial charge in [-0.25, -0.2) is 0 Å². The quantitative estimate of drug-likeness (QED) is 0.604. The summed E-state index contributed by atoms with van der Waals surface area (Å²) in [5, 5.41) is 0.548. The van der Waals surface area contributed by atoms with E-state index in [0.29, 0.717) is 34.5 Å². The maximum Gasteiger partial charge on any atom is 0.208 e. The van der Waals surface area contributed by atoms with Gasteiger partial charge in [0.05, 0.1) is 22.8 Å². The smallest absolute Gasteiger partial charge is 0.208 e. The van der Waals surface area contributed by atoms with E-state index in [0.717, 1.165) is 12.0 Å². The zero-order chi connectivity index (χ0) is 20.4. The molecule has 7 heteroatoms. The van der Waals surface area contributed by atoms with Crippen molar-refractivity contribution in [3.05, 3.63) is 72.3 Å². The lowest BCUT2D eigenvalue weighted by atomic mass is 10.0. The van der Waals surface area contributed by atoms with Gasteiger partial charge in [0, 0.05) is 29.3 Å². The number of aryl methyl sites for hydroxylation is 2. The Bertz CT molecular complexity index is 1150. The normalized spacial score (nSPS) is 10.9. The van der Waals surface area contributed by atoms with Crippen LogP contribution in [0.5, 0.6) is 5.75 Å². The van der Waals surface area contributed by atoms with Gasteiger partial charge in [-0.05, 0) is 44.0 Å². The lowest BCUT2D eigenvalue weighted by Crippen LogP contribution is -2.16. The molecular weight excluding hydrogens is 399 g/mol. The van der Waals surface area contributed by atoms with Crippen LogP contribution in [0.2, 0.25) is 10.0 Å². The molecule has 28 heavy (non-hydrogen) atoms. The van der Waals surface area contributed by atoms with Crippen molar-refractivity contribution in [2.75, 3.05) is 6.61 Å². The molecule has 2 aromatic heterocycles. The summed E-state index contributed by atoms with van der Waals surface area (Å²) in [6.45, 7) is 6.05. The summed E-state index contributed by atoms with van der Waals surface area (Å²) in [5.41, 5.74) is 2.36. The highest BCUT2D eigenvalue weighted by atomic mass is 35.5. The zero-order valence-corrected chi connectivity index (χ0v) is 17.3. The minimum atomic E-state index is -0.367. The van der Waals surface area contributed by atoms with E-state index < -0.39 is 0 Å². The van der Waals surface area contributed by atoms with Gasteiger partial charge in [-0.15, -0.1) is 0 Å². The number of hydrogen-bond acceptors (Lipinski definition) is 3. The fourth-order valence-electron chi connectivity index (χ4n) is 3.00. The number of benzene rings is 1. The van der Waals surface area contributed by atoms with Gasteiger partial charge in [-0.3, -0.25) is 9.59 Å². The third kappa shape index (κ3) is 3.86. The predicted octanol–water partition coefficient (Wildman–Crippen LogP) is 5.11. The fraction of sp³-hybridized carbons (Fsp3) is 0.238. The molecule has 0 radical (unpaired) electrons. The molecule has 0 aliphatic rings. The number of nitrogens with one attached hydrogen (secondary N) is 2. The van der Waals surface area contributed by atoms with E-state index in [9.17, 15) is 9.59 Å². The van der Waals surface area contributed by atoms with Crippen molar-refractivity contribution >= 4 is 23.2 Å². The van der Waals surface area contributed by atoms with Crippen LogP contribution in [0.15, 0.2) is 40.1 Å². The summed E-state index contributed by atoms with van der Waals surface area (Å²) in [4.78, 5) is 31.4. The minimum Gasteiger partial charge on any atom is -0.492 e. The van der Waals surface area contributed by atoms with E-state index in [1.807, 2.05) is 13.0 Å². The molecule has 1 aromatic carbocycles. The van der Waals surface area contributed by atoms with Gasteiger partial charge in [0.15, 0.2) is 5.43 Å². The van der Waals surface area contributed by atoms with Gasteiger partial charge >= 0.3 is 0 Å². The lowest BCUT2D eigenvalue weighted by molar-refractivity contribution is 0.317. The molecule has 2 N–H and O–H groups in total. The van der Waals surface area contributed by atoms with Crippen LogP contribution in [0.3, 0.4) is 0 Å². The molecular formula is C21H20Cl2N2O3. The Morgan fingerprint density at radius 1 is 1.07 bits per heavy atom. The number of pyridine rings is 2. The number of halogens is 2. The average Bonchev–Trinajstić information content (AvgIpc) is 2.66. The summed E-state index contributed by atoms with van der Waals surface area (Å²) >= 11 is 12.3. The van der Waals surface area contributed by atoms with Crippen molar-refractivity contribution in [3.8, 4) is 28.1 Å². The second kappa shape index (κ2) is 8.25. The van der Waals surface area contributed by atoms with Crippen molar-refractivity contribution in [3.63, 3.8) is 0 Å². The van der Waals surface area contributed by atoms with E-state index >= 15 is 0 Å². The largest absolute Gasteiger partial charge is 0.492 e. The van der Waals surface area contributed by atoms with E-state index in [1.165, 1.54) is 12.3 Å². The molecule has 0 aliphatic carbocycles. The Kier molecular flexibility index (Phi) is 5.96. The van der Waals surface area contributed by atoms with Crippen LogP contribution in [-0.2, 0) is 0 Å². The number of H-pyrrole nitrogens is 2. The highest BCUT2D eigenvalue weighted by Gasteiger charge is 2.16. The van der Waals surface area contributed by atoms with E-state index in [1.54, 1.807) is 26.0 Å². The monoisotopic (exact) mass is 418 g/mol. The molecule has 0 aliphatic heterocycles. The first-order valence-corrected chi connectivity index (χ1v) is 9.63. The van der Waals surface area contributed by atoms with Gasteiger partial charge in [-0.2, -0.15) is 0 Å². The van der Waals surface area contributed by atoms with Crippen molar-refractivity contribution in [2.45, 2.75) is 27.2 Å². The van der Waals surface area contributed by atoms with Crippen LogP contribution in [0.4, 0.5) is 0 Å². The Balaban J connectivity index is 2.03. The van der Waals surface area contributed by atoms with Gasteiger partial charge in [0.2, 0.25) is 5.43 Å². The van der Waals surface area contributed by atoms with E-state index in [4.69, 9.17) is 27.9 Å². The number of hydrogen-bond donors (Lipinski definition) is 2. The van der Waals surface area contributed by atoms with Gasteiger partial charge in [-0.1, -0.05) is 30.1 Å². The Morgan fingerprint density at radius 3 is 2.46 bits per heavy atom. The van der Waals surface area contributed by atoms with Crippen LogP contribution in [0.1, 0.15) is 24.7 Å². The number of rotatable bonds is 5. The number of aromatic nitrogens is 2. The van der Waals surface area contributed by atoms with Crippen LogP contribution in [0.25, 0.3) is 22.4 Å². The Hall–Kier alpha value is -2.50. The van der Waals surface area contributed by atoms with Gasteiger partial charge in [0.1, 0.15) is 10.8 Å². The topological polar surface area (TPSA) is 75.0 Å². The van der Waals surface area contributed by atoms with Crippen molar-refractivity contribution in [1.82, 2.24) is 9.97 Å². The highest BCUT2D eigenvalue weighted by molar-refractivity contribution is 6.32. The molecule has 146 valence electrons. The number of ether oxygens (including phenoxy) is 1. The lowest BCUT2D eigenvalue weighted by Gasteiger charge is -2.11. The maximum atomic E-state index is 12.7. The first-order chi connectivity index (χ1) is 13.3. The molecule has 0 bridgehead atoms. The molecule has 0 saturated carbocycles. The first kappa shape index (κ1) is 20.2. The van der Waals surface area contributed by atoms with Crippen molar-refractivity contribution in [1.29, 1.82) is 0 Å². The molecule has 0 amide bonds. The minimum absolute atomic E-state index is 0.0820. The number of aromatic amines is 2. The van der Waals surface area contributed by atoms with Crippen LogP contribution in [0, 0.1) is 13.8 Å². The molecule has 3 aromatic rings. The van der Waals surface area contributed by atoms with Crippen LogP contribution >= 0.6 is 23.2 Å². The molecule has 0 spiro atoms. The van der Waals surface area contributed by atoms with Gasteiger partial charge in [0.25, 0.3) is 0 Å². The summed E-state index contributed by atoms with van der Waals surface area (Å²) < 4.78 is 5.57. The summed E-state index contributed by atoms with van der Waals surface area (Å²) in [6.07, 6.45) is 2.41. The van der Waals surface area contributed by atoms with Gasteiger partial charge < -0.3 is 14.7 Å². The van der Waals surface area contributed by atoms with E-state index in [2.05, 4.69) is 9.97 Å². The second-order valence-electron chi connectivity index (χ2n) is 6.51. The predicted molar refractivity (Wildman–Crippen MR) is 114 cm³/mol. The molecule has 5 nitrogen and oxygen atoms in total. The fourth-order valence-corrected chi connectivity index (χ4v) is 3.38. The molecule has 0 atom stereocenters. The summed E-state index contributed by atoms with van der Waals surface area (Å²) in [5.74, 6) is 0.600. The Labute approximate surface area is 172 Å². The van der Waals surface area contributed by atoms with Crippen molar-refractivity contribution < 1.29 is 4.74 Å². The molecule has 0 saturated heterocycles. The molecule has 0 fully saturated rings. The molecule has 0 unspecified atom stereocenters. The zero-order valence-electron chi connectivity index (χ0n) is 15.8. The third-order valence-corrected chi connectivity index (χ3v) is 5.14. The highest BCUT2D eigenvalue weighted by Crippen LogP contribution is 2.30. The summed E-state index contributed by atoms with van der Waals surface area (Å²) in [7, 11) is 0. The maximum absolute atomic E-state index is 12.7. The van der Waals surface area contributed by atoms with Crippen LogP contribution in [-0.4, -0.2) is 16.6 Å². The van der Waals surface area contributed by atoms with Crippen molar-refractivity contribution in [2.24, 2.45) is 0 Å². The second-order valence-corrected chi connectivity index (χ2v) is 7.30. The molecule has 3 rings (SSSR count). The average molecular weight is 419 g/mol. The SMILES string of the molecule is CCCOc1ccc(-c2cc(=O)c(-c3c(C)[nH]c(C)c(Cl)c3=O)c[nH]2)cc1Cl. The van der Waals surface area contributed by atoms with Crippen LogP contribution < -0.4 is 15.6 Å². The molecule has 2 heterocycles. The third-order valence-electron chi connectivity index (χ3n) is 4.39. The first-order valence-electron chi connectivity index (χ1n) is 8.88. The van der Waals surface area contributed by atoms with E-state index in [-0.39, 0.29) is 27.0 Å². The standard InChI is InChI=1S/C21H20Cl2N2O3/c1-4-7-28-18-6-5-13(8-15(18)22)16-9-17(26)14(10-24-16)19-11(2)25-12(3)20(23)21(19)27/h5-6,8-10H,4,7H2,1-3H3,(H,24,26)(H,25,27).